The normalized spacial score (nSPS) is 14.4. The van der Waals surface area contributed by atoms with E-state index in [1.54, 1.807) is 12.1 Å². The number of tetrazole rings is 1. The van der Waals surface area contributed by atoms with Gasteiger partial charge in [0.25, 0.3) is 0 Å². The van der Waals surface area contributed by atoms with Crippen LogP contribution in [0.15, 0.2) is 48.5 Å². The highest BCUT2D eigenvalue weighted by atomic mass is 19.1. The Labute approximate surface area is 222 Å². The molecular weight excluding hydrogens is 487 g/mol. The number of halogens is 1. The van der Waals surface area contributed by atoms with Crippen LogP contribution in [0.5, 0.6) is 0 Å². The Balaban J connectivity index is 1.58. The van der Waals surface area contributed by atoms with Gasteiger partial charge < -0.3 is 15.0 Å². The Bertz CT molecular complexity index is 1190. The Morgan fingerprint density at radius 3 is 2.53 bits per heavy atom. The van der Waals surface area contributed by atoms with E-state index >= 15 is 0 Å². The van der Waals surface area contributed by atoms with Crippen LogP contribution in [0, 0.1) is 12.7 Å². The molecule has 0 aliphatic heterocycles. The zero-order valence-corrected chi connectivity index (χ0v) is 22.0. The summed E-state index contributed by atoms with van der Waals surface area (Å²) < 4.78 is 19.2. The molecule has 1 N–H and O–H groups in total. The van der Waals surface area contributed by atoms with Crippen molar-refractivity contribution < 1.29 is 18.7 Å². The van der Waals surface area contributed by atoms with Gasteiger partial charge in [0.15, 0.2) is 0 Å². The molecule has 3 aromatic rings. The molecule has 0 saturated heterocycles. The van der Waals surface area contributed by atoms with Crippen molar-refractivity contribution in [2.24, 2.45) is 0 Å². The number of hydrogen-bond donors (Lipinski definition) is 1. The fraction of sp³-hybridized carbons (Fsp3) is 0.464. The van der Waals surface area contributed by atoms with Crippen LogP contribution in [-0.2, 0) is 20.9 Å². The molecule has 1 fully saturated rings. The van der Waals surface area contributed by atoms with E-state index < -0.39 is 11.9 Å². The number of nitrogens with one attached hydrogen (secondary N) is 1. The van der Waals surface area contributed by atoms with E-state index in [4.69, 9.17) is 4.74 Å². The SMILES string of the molecule is CCOCCCN(C(=O)Cn1nnc(-c2ccc(C)cc2)n1)[C@H](C(=O)NC1CCCC1)c1ccc(F)cc1. The molecule has 1 atom stereocenters. The lowest BCUT2D eigenvalue weighted by molar-refractivity contribution is -0.142. The summed E-state index contributed by atoms with van der Waals surface area (Å²) in [5.41, 5.74) is 2.45. The number of benzene rings is 2. The summed E-state index contributed by atoms with van der Waals surface area (Å²) in [6.07, 6.45) is 4.47. The maximum absolute atomic E-state index is 13.8. The molecular formula is C28H35FN6O3. The van der Waals surface area contributed by atoms with E-state index in [1.165, 1.54) is 21.8 Å². The van der Waals surface area contributed by atoms with Gasteiger partial charge in [0.2, 0.25) is 17.6 Å². The first-order chi connectivity index (χ1) is 18.4. The smallest absolute Gasteiger partial charge is 0.247 e. The molecule has 1 saturated carbocycles. The number of hydrogen-bond acceptors (Lipinski definition) is 6. The standard InChI is InChI=1S/C28H35FN6O3/c1-3-38-18-6-17-34(25(36)19-35-32-27(31-33-35)22-11-9-20(2)10-12-22)26(21-13-15-23(29)16-14-21)28(37)30-24-7-4-5-8-24/h9-16,24,26H,3-8,17-19H2,1-2H3,(H,30,37)/t26-/m0/s1. The van der Waals surface area contributed by atoms with Gasteiger partial charge in [0.1, 0.15) is 18.4 Å². The van der Waals surface area contributed by atoms with Crippen LogP contribution in [0.3, 0.4) is 0 Å². The van der Waals surface area contributed by atoms with E-state index in [2.05, 4.69) is 20.7 Å². The minimum absolute atomic E-state index is 0.0693. The van der Waals surface area contributed by atoms with Gasteiger partial charge in [-0.15, -0.1) is 10.2 Å². The summed E-state index contributed by atoms with van der Waals surface area (Å²) in [5, 5.41) is 15.7. The van der Waals surface area contributed by atoms with Crippen LogP contribution in [0.4, 0.5) is 4.39 Å². The third-order valence-corrected chi connectivity index (χ3v) is 6.70. The third kappa shape index (κ3) is 7.22. The zero-order valence-electron chi connectivity index (χ0n) is 22.0. The Hall–Kier alpha value is -3.66. The first-order valence-corrected chi connectivity index (χ1v) is 13.2. The maximum Gasteiger partial charge on any atom is 0.247 e. The first-order valence-electron chi connectivity index (χ1n) is 13.2. The number of rotatable bonds is 12. The summed E-state index contributed by atoms with van der Waals surface area (Å²) in [4.78, 5) is 30.1. The van der Waals surface area contributed by atoms with Crippen molar-refractivity contribution in [2.45, 2.75) is 64.6 Å². The molecule has 0 unspecified atom stereocenters. The molecule has 4 rings (SSSR count). The molecule has 0 spiro atoms. The van der Waals surface area contributed by atoms with Crippen LogP contribution < -0.4 is 5.32 Å². The summed E-state index contributed by atoms with van der Waals surface area (Å²) in [6, 6.07) is 12.6. The number of amides is 2. The van der Waals surface area contributed by atoms with E-state index in [1.807, 2.05) is 38.1 Å². The van der Waals surface area contributed by atoms with Crippen LogP contribution in [0.2, 0.25) is 0 Å². The van der Waals surface area contributed by atoms with Gasteiger partial charge >= 0.3 is 0 Å². The number of nitrogens with zero attached hydrogens (tertiary/aromatic N) is 5. The fourth-order valence-corrected chi connectivity index (χ4v) is 4.69. The summed E-state index contributed by atoms with van der Waals surface area (Å²) in [5.74, 6) is -0.617. The highest BCUT2D eigenvalue weighted by Crippen LogP contribution is 2.25. The van der Waals surface area contributed by atoms with Crippen LogP contribution in [-0.4, -0.2) is 62.7 Å². The second-order valence-electron chi connectivity index (χ2n) is 9.59. The molecule has 1 heterocycles. The monoisotopic (exact) mass is 522 g/mol. The lowest BCUT2D eigenvalue weighted by Crippen LogP contribution is -2.47. The predicted molar refractivity (Wildman–Crippen MR) is 140 cm³/mol. The topological polar surface area (TPSA) is 102 Å². The fourth-order valence-electron chi connectivity index (χ4n) is 4.69. The lowest BCUT2D eigenvalue weighted by atomic mass is 10.0. The highest BCUT2D eigenvalue weighted by molar-refractivity contribution is 5.89. The quantitative estimate of drug-likeness (QED) is 0.363. The van der Waals surface area contributed by atoms with Gasteiger partial charge in [-0.05, 0) is 56.0 Å². The van der Waals surface area contributed by atoms with E-state index in [0.29, 0.717) is 31.0 Å². The van der Waals surface area contributed by atoms with Crippen molar-refractivity contribution in [3.05, 3.63) is 65.5 Å². The Morgan fingerprint density at radius 2 is 1.84 bits per heavy atom. The van der Waals surface area contributed by atoms with Gasteiger partial charge in [0.05, 0.1) is 0 Å². The molecule has 2 aromatic carbocycles. The second-order valence-corrected chi connectivity index (χ2v) is 9.59. The molecule has 9 nitrogen and oxygen atoms in total. The Kier molecular flexibility index (Phi) is 9.53. The lowest BCUT2D eigenvalue weighted by Gasteiger charge is -2.32. The average Bonchev–Trinajstić information content (AvgIpc) is 3.59. The number of carbonyl (C=O) groups is 2. The van der Waals surface area contributed by atoms with Crippen molar-refractivity contribution in [1.29, 1.82) is 0 Å². The molecule has 10 heteroatoms. The molecule has 38 heavy (non-hydrogen) atoms. The Morgan fingerprint density at radius 1 is 1.13 bits per heavy atom. The molecule has 1 aliphatic carbocycles. The minimum Gasteiger partial charge on any atom is -0.382 e. The van der Waals surface area contributed by atoms with E-state index in [0.717, 1.165) is 36.8 Å². The number of ether oxygens (including phenoxy) is 1. The summed E-state index contributed by atoms with van der Waals surface area (Å²) in [7, 11) is 0. The molecule has 1 aliphatic rings. The average molecular weight is 523 g/mol. The van der Waals surface area contributed by atoms with Crippen molar-refractivity contribution in [2.75, 3.05) is 19.8 Å². The molecule has 0 radical (unpaired) electrons. The largest absolute Gasteiger partial charge is 0.382 e. The van der Waals surface area contributed by atoms with Crippen molar-refractivity contribution in [3.63, 3.8) is 0 Å². The zero-order chi connectivity index (χ0) is 26.9. The maximum atomic E-state index is 13.8. The van der Waals surface area contributed by atoms with Gasteiger partial charge in [0, 0.05) is 31.4 Å². The minimum atomic E-state index is -0.926. The van der Waals surface area contributed by atoms with Crippen LogP contribution in [0.1, 0.15) is 56.2 Å². The molecule has 0 bridgehead atoms. The van der Waals surface area contributed by atoms with E-state index in [-0.39, 0.29) is 30.9 Å². The number of aryl methyl sites for hydroxylation is 1. The van der Waals surface area contributed by atoms with Gasteiger partial charge in [-0.3, -0.25) is 9.59 Å². The second kappa shape index (κ2) is 13.2. The molecule has 1 aromatic heterocycles. The number of aromatic nitrogens is 4. The molecule has 2 amide bonds. The third-order valence-electron chi connectivity index (χ3n) is 6.70. The van der Waals surface area contributed by atoms with Crippen molar-refractivity contribution >= 4 is 11.8 Å². The summed E-state index contributed by atoms with van der Waals surface area (Å²) >= 11 is 0. The first kappa shape index (κ1) is 27.4. The van der Waals surface area contributed by atoms with Crippen molar-refractivity contribution in [1.82, 2.24) is 30.4 Å². The van der Waals surface area contributed by atoms with Gasteiger partial charge in [-0.25, -0.2) is 4.39 Å². The van der Waals surface area contributed by atoms with Crippen LogP contribution in [0.25, 0.3) is 11.4 Å². The highest BCUT2D eigenvalue weighted by Gasteiger charge is 2.33. The van der Waals surface area contributed by atoms with Gasteiger partial charge in [-0.2, -0.15) is 4.80 Å². The number of carbonyl (C=O) groups excluding carboxylic acids is 2. The van der Waals surface area contributed by atoms with Crippen LogP contribution >= 0.6 is 0 Å². The van der Waals surface area contributed by atoms with E-state index in [9.17, 15) is 14.0 Å². The van der Waals surface area contributed by atoms with Gasteiger partial charge in [-0.1, -0.05) is 54.8 Å². The summed E-state index contributed by atoms with van der Waals surface area (Å²) in [6.45, 7) is 4.98. The predicted octanol–water partition coefficient (Wildman–Crippen LogP) is 3.84. The van der Waals surface area contributed by atoms with Crippen molar-refractivity contribution in [3.8, 4) is 11.4 Å². The molecule has 202 valence electrons.